The summed E-state index contributed by atoms with van der Waals surface area (Å²) in [6.45, 7) is 7.64. The lowest BCUT2D eigenvalue weighted by molar-refractivity contribution is 0.133. The number of carbonyl (C=O) groups excluding carboxylic acids is 1. The van der Waals surface area contributed by atoms with Crippen molar-refractivity contribution in [3.05, 3.63) is 53.4 Å². The van der Waals surface area contributed by atoms with Crippen LogP contribution in [0.1, 0.15) is 42.6 Å². The number of hydrogen-bond donors (Lipinski definition) is 1. The van der Waals surface area contributed by atoms with Crippen molar-refractivity contribution >= 4 is 6.03 Å². The Morgan fingerprint density at radius 3 is 2.74 bits per heavy atom. The summed E-state index contributed by atoms with van der Waals surface area (Å²) in [6.07, 6.45) is 3.94. The summed E-state index contributed by atoms with van der Waals surface area (Å²) in [4.78, 5) is 16.7. The molecule has 6 nitrogen and oxygen atoms in total. The van der Waals surface area contributed by atoms with Crippen molar-refractivity contribution in [3.63, 3.8) is 0 Å². The molecule has 0 saturated carbocycles. The number of nitrogens with one attached hydrogen (secondary N) is 1. The molecule has 1 unspecified atom stereocenters. The Morgan fingerprint density at radius 2 is 2.07 bits per heavy atom. The zero-order valence-electron chi connectivity index (χ0n) is 16.5. The standard InChI is InChI=1S/C21H30N4O2/c1-16-8-11-25(12-9-16)20(19-7-5-4-6-17(19)2)14-22-21(26)24(3)15-18-10-13-27-23-18/h4-7,10,13,16,20H,8-9,11-12,14-15H2,1-3H3,(H,22,26). The Bertz CT molecular complexity index is 724. The fraction of sp³-hybridized carbons (Fsp3) is 0.524. The van der Waals surface area contributed by atoms with E-state index < -0.39 is 0 Å². The van der Waals surface area contributed by atoms with E-state index in [2.05, 4.69) is 53.5 Å². The molecule has 0 aliphatic carbocycles. The molecule has 2 amide bonds. The van der Waals surface area contributed by atoms with Gasteiger partial charge < -0.3 is 14.7 Å². The van der Waals surface area contributed by atoms with Crippen molar-refractivity contribution in [2.24, 2.45) is 5.92 Å². The number of rotatable bonds is 6. The third-order valence-corrected chi connectivity index (χ3v) is 5.49. The topological polar surface area (TPSA) is 61.6 Å². The van der Waals surface area contributed by atoms with E-state index >= 15 is 0 Å². The number of benzene rings is 1. The van der Waals surface area contributed by atoms with Crippen LogP contribution < -0.4 is 5.32 Å². The highest BCUT2D eigenvalue weighted by atomic mass is 16.5. The highest BCUT2D eigenvalue weighted by Gasteiger charge is 2.26. The highest BCUT2D eigenvalue weighted by Crippen LogP contribution is 2.28. The molecule has 1 fully saturated rings. The molecule has 1 aromatic carbocycles. The molecule has 0 spiro atoms. The molecule has 1 saturated heterocycles. The lowest BCUT2D eigenvalue weighted by Crippen LogP contribution is -2.45. The Labute approximate surface area is 161 Å². The van der Waals surface area contributed by atoms with Crippen LogP contribution in [0.25, 0.3) is 0 Å². The zero-order valence-corrected chi connectivity index (χ0v) is 16.5. The third-order valence-electron chi connectivity index (χ3n) is 5.49. The van der Waals surface area contributed by atoms with Crippen molar-refractivity contribution in [3.8, 4) is 0 Å². The van der Waals surface area contributed by atoms with Crippen LogP contribution in [0.2, 0.25) is 0 Å². The summed E-state index contributed by atoms with van der Waals surface area (Å²) >= 11 is 0. The third kappa shape index (κ3) is 5.10. The van der Waals surface area contributed by atoms with Crippen LogP contribution in [0.15, 0.2) is 41.1 Å². The van der Waals surface area contributed by atoms with Crippen molar-refractivity contribution in [2.75, 3.05) is 26.7 Å². The van der Waals surface area contributed by atoms with Gasteiger partial charge in [-0.3, -0.25) is 4.90 Å². The predicted octanol–water partition coefficient (Wildman–Crippen LogP) is 3.60. The average molecular weight is 370 g/mol. The molecule has 2 aromatic rings. The van der Waals surface area contributed by atoms with Crippen LogP contribution in [-0.2, 0) is 6.54 Å². The van der Waals surface area contributed by atoms with Gasteiger partial charge in [0, 0.05) is 19.7 Å². The summed E-state index contributed by atoms with van der Waals surface area (Å²) in [6, 6.07) is 10.4. The Kier molecular flexibility index (Phi) is 6.50. The van der Waals surface area contributed by atoms with Gasteiger partial charge in [-0.1, -0.05) is 36.3 Å². The fourth-order valence-electron chi connectivity index (χ4n) is 3.69. The maximum absolute atomic E-state index is 12.6. The van der Waals surface area contributed by atoms with Crippen molar-refractivity contribution < 1.29 is 9.32 Å². The van der Waals surface area contributed by atoms with Crippen LogP contribution >= 0.6 is 0 Å². The molecule has 1 aliphatic rings. The number of amides is 2. The Balaban J connectivity index is 1.66. The molecule has 0 bridgehead atoms. The minimum absolute atomic E-state index is 0.0954. The molecular weight excluding hydrogens is 340 g/mol. The van der Waals surface area contributed by atoms with Crippen LogP contribution in [0.3, 0.4) is 0 Å². The Hall–Kier alpha value is -2.34. The maximum Gasteiger partial charge on any atom is 0.317 e. The molecular formula is C21H30N4O2. The maximum atomic E-state index is 12.6. The first-order chi connectivity index (χ1) is 13.0. The zero-order chi connectivity index (χ0) is 19.2. The second-order valence-electron chi connectivity index (χ2n) is 7.62. The lowest BCUT2D eigenvalue weighted by atomic mass is 9.94. The number of likely N-dealkylation sites (tertiary alicyclic amines) is 1. The van der Waals surface area contributed by atoms with Crippen LogP contribution in [0, 0.1) is 12.8 Å². The second-order valence-corrected chi connectivity index (χ2v) is 7.62. The predicted molar refractivity (Wildman–Crippen MR) is 105 cm³/mol. The normalized spacial score (nSPS) is 16.9. The quantitative estimate of drug-likeness (QED) is 0.844. The number of aryl methyl sites for hydroxylation is 1. The van der Waals surface area contributed by atoms with Gasteiger partial charge in [0.05, 0.1) is 12.6 Å². The second kappa shape index (κ2) is 9.04. The van der Waals surface area contributed by atoms with Gasteiger partial charge in [0.2, 0.25) is 0 Å². The van der Waals surface area contributed by atoms with Crippen LogP contribution in [0.4, 0.5) is 4.79 Å². The molecule has 1 atom stereocenters. The summed E-state index contributed by atoms with van der Waals surface area (Å²) in [5.74, 6) is 0.780. The summed E-state index contributed by atoms with van der Waals surface area (Å²) in [7, 11) is 1.77. The molecule has 1 N–H and O–H groups in total. The van der Waals surface area contributed by atoms with E-state index in [1.54, 1.807) is 18.0 Å². The molecule has 2 heterocycles. The lowest BCUT2D eigenvalue weighted by Gasteiger charge is -2.38. The molecule has 3 rings (SSSR count). The fourth-order valence-corrected chi connectivity index (χ4v) is 3.69. The minimum atomic E-state index is -0.0954. The first kappa shape index (κ1) is 19.4. The largest absolute Gasteiger partial charge is 0.364 e. The number of aromatic nitrogens is 1. The number of piperidine rings is 1. The minimum Gasteiger partial charge on any atom is -0.364 e. The molecule has 146 valence electrons. The van der Waals surface area contributed by atoms with Gasteiger partial charge in [-0.05, 0) is 49.9 Å². The monoisotopic (exact) mass is 370 g/mol. The van der Waals surface area contributed by atoms with E-state index in [1.807, 2.05) is 0 Å². The highest BCUT2D eigenvalue weighted by molar-refractivity contribution is 5.73. The van der Waals surface area contributed by atoms with Gasteiger partial charge in [-0.25, -0.2) is 4.79 Å². The average Bonchev–Trinajstić information content (AvgIpc) is 3.17. The van der Waals surface area contributed by atoms with Crippen molar-refractivity contribution in [1.29, 1.82) is 0 Å². The first-order valence-corrected chi connectivity index (χ1v) is 9.72. The SMILES string of the molecule is Cc1ccccc1C(CNC(=O)N(C)Cc1ccon1)N1CCC(C)CC1. The van der Waals surface area contributed by atoms with Crippen LogP contribution in [0.5, 0.6) is 0 Å². The number of hydrogen-bond acceptors (Lipinski definition) is 4. The van der Waals surface area contributed by atoms with E-state index in [0.29, 0.717) is 13.1 Å². The van der Waals surface area contributed by atoms with E-state index in [4.69, 9.17) is 4.52 Å². The van der Waals surface area contributed by atoms with Gasteiger partial charge >= 0.3 is 6.03 Å². The molecule has 0 radical (unpaired) electrons. The van der Waals surface area contributed by atoms with Gasteiger partial charge in [-0.15, -0.1) is 0 Å². The molecule has 6 heteroatoms. The van der Waals surface area contributed by atoms with Crippen molar-refractivity contribution in [2.45, 2.75) is 39.3 Å². The number of urea groups is 1. The number of nitrogens with zero attached hydrogens (tertiary/aromatic N) is 3. The Morgan fingerprint density at radius 1 is 1.33 bits per heavy atom. The van der Waals surface area contributed by atoms with Gasteiger partial charge in [0.25, 0.3) is 0 Å². The molecule has 27 heavy (non-hydrogen) atoms. The number of carbonyl (C=O) groups is 1. The first-order valence-electron chi connectivity index (χ1n) is 9.72. The van der Waals surface area contributed by atoms with Crippen molar-refractivity contribution in [1.82, 2.24) is 20.3 Å². The van der Waals surface area contributed by atoms with Gasteiger partial charge in [-0.2, -0.15) is 0 Å². The smallest absolute Gasteiger partial charge is 0.317 e. The summed E-state index contributed by atoms with van der Waals surface area (Å²) in [5.41, 5.74) is 3.31. The summed E-state index contributed by atoms with van der Waals surface area (Å²) in [5, 5.41) is 6.98. The van der Waals surface area contributed by atoms with E-state index in [1.165, 1.54) is 30.2 Å². The van der Waals surface area contributed by atoms with Crippen LogP contribution in [-0.4, -0.2) is 47.7 Å². The van der Waals surface area contributed by atoms with E-state index in [9.17, 15) is 4.79 Å². The van der Waals surface area contributed by atoms with E-state index in [0.717, 1.165) is 24.7 Å². The summed E-state index contributed by atoms with van der Waals surface area (Å²) < 4.78 is 4.84. The molecule has 1 aliphatic heterocycles. The van der Waals surface area contributed by atoms with Gasteiger partial charge in [0.15, 0.2) is 0 Å². The molecule has 1 aromatic heterocycles. The van der Waals surface area contributed by atoms with E-state index in [-0.39, 0.29) is 12.1 Å². The van der Waals surface area contributed by atoms with Gasteiger partial charge in [0.1, 0.15) is 12.0 Å².